The van der Waals surface area contributed by atoms with Crippen molar-refractivity contribution in [3.05, 3.63) is 27.6 Å². The molecule has 2 rings (SSSR count). The minimum absolute atomic E-state index is 0.196. The number of rotatable bonds is 4. The van der Waals surface area contributed by atoms with E-state index in [0.29, 0.717) is 23.9 Å². The molecule has 0 atom stereocenters. The third-order valence-electron chi connectivity index (χ3n) is 2.66. The van der Waals surface area contributed by atoms with E-state index < -0.39 is 5.60 Å². The second-order valence-electron chi connectivity index (χ2n) is 4.53. The Kier molecular flexibility index (Phi) is 4.10. The standard InChI is InChI=1S/C13H15IN2O3/c1-4-18-13(2,3)12-15-11(19-16-12)8-5-6-9(14)10(17)7-8/h5-7,17H,4H2,1-3H3. The molecule has 6 heteroatoms. The van der Waals surface area contributed by atoms with Crippen molar-refractivity contribution in [3.63, 3.8) is 0 Å². The fourth-order valence-electron chi connectivity index (χ4n) is 1.66. The highest BCUT2D eigenvalue weighted by Crippen LogP contribution is 2.28. The van der Waals surface area contributed by atoms with Gasteiger partial charge in [0.1, 0.15) is 11.4 Å². The molecule has 0 saturated carbocycles. The Morgan fingerprint density at radius 1 is 1.42 bits per heavy atom. The summed E-state index contributed by atoms with van der Waals surface area (Å²) in [5.74, 6) is 1.05. The maximum atomic E-state index is 9.69. The maximum Gasteiger partial charge on any atom is 0.258 e. The molecule has 1 N–H and O–H groups in total. The second-order valence-corrected chi connectivity index (χ2v) is 5.69. The fourth-order valence-corrected chi connectivity index (χ4v) is 1.99. The summed E-state index contributed by atoms with van der Waals surface area (Å²) in [5, 5.41) is 13.6. The summed E-state index contributed by atoms with van der Waals surface area (Å²) in [7, 11) is 0. The second kappa shape index (κ2) is 5.46. The van der Waals surface area contributed by atoms with Crippen LogP contribution in [0.15, 0.2) is 22.7 Å². The van der Waals surface area contributed by atoms with E-state index >= 15 is 0 Å². The van der Waals surface area contributed by atoms with Gasteiger partial charge in [-0.15, -0.1) is 0 Å². The van der Waals surface area contributed by atoms with Crippen LogP contribution in [0, 0.1) is 3.57 Å². The highest BCUT2D eigenvalue weighted by molar-refractivity contribution is 14.1. The number of phenols is 1. The molecule has 0 fully saturated rings. The fraction of sp³-hybridized carbons (Fsp3) is 0.385. The predicted octanol–water partition coefficient (Wildman–Crippen LogP) is 3.32. The average molecular weight is 374 g/mol. The van der Waals surface area contributed by atoms with Gasteiger partial charge in [0.15, 0.2) is 0 Å². The van der Waals surface area contributed by atoms with Gasteiger partial charge in [0.05, 0.1) is 3.57 Å². The summed E-state index contributed by atoms with van der Waals surface area (Å²) in [6.07, 6.45) is 0. The van der Waals surface area contributed by atoms with Crippen molar-refractivity contribution in [1.82, 2.24) is 10.1 Å². The Morgan fingerprint density at radius 2 is 2.16 bits per heavy atom. The van der Waals surface area contributed by atoms with Gasteiger partial charge in [0.25, 0.3) is 5.89 Å². The van der Waals surface area contributed by atoms with Gasteiger partial charge in [-0.1, -0.05) is 5.16 Å². The first-order chi connectivity index (χ1) is 8.94. The van der Waals surface area contributed by atoms with Crippen LogP contribution < -0.4 is 0 Å². The molecule has 5 nitrogen and oxygen atoms in total. The van der Waals surface area contributed by atoms with Crippen molar-refractivity contribution in [2.75, 3.05) is 6.61 Å². The lowest BCUT2D eigenvalue weighted by Crippen LogP contribution is -2.23. The molecular formula is C13H15IN2O3. The Hall–Kier alpha value is -1.15. The van der Waals surface area contributed by atoms with Crippen LogP contribution in [0.2, 0.25) is 0 Å². The van der Waals surface area contributed by atoms with Crippen molar-refractivity contribution in [1.29, 1.82) is 0 Å². The number of phenolic OH excluding ortho intramolecular Hbond substituents is 1. The number of ether oxygens (including phenoxy) is 1. The monoisotopic (exact) mass is 374 g/mol. The first-order valence-corrected chi connectivity index (χ1v) is 6.99. The van der Waals surface area contributed by atoms with Gasteiger partial charge in [-0.25, -0.2) is 0 Å². The van der Waals surface area contributed by atoms with Crippen LogP contribution in [0.4, 0.5) is 0 Å². The van der Waals surface area contributed by atoms with E-state index in [0.717, 1.165) is 3.57 Å². The molecule has 0 aliphatic heterocycles. The van der Waals surface area contributed by atoms with Crippen molar-refractivity contribution in [2.45, 2.75) is 26.4 Å². The molecular weight excluding hydrogens is 359 g/mol. The van der Waals surface area contributed by atoms with Crippen LogP contribution in [0.3, 0.4) is 0 Å². The number of benzene rings is 1. The minimum Gasteiger partial charge on any atom is -0.507 e. The zero-order valence-corrected chi connectivity index (χ0v) is 13.1. The topological polar surface area (TPSA) is 68.4 Å². The molecule has 0 unspecified atom stereocenters. The average Bonchev–Trinajstić information content (AvgIpc) is 2.83. The normalized spacial score (nSPS) is 11.8. The first-order valence-electron chi connectivity index (χ1n) is 5.91. The summed E-state index contributed by atoms with van der Waals surface area (Å²) in [6, 6.07) is 5.22. The van der Waals surface area contributed by atoms with E-state index in [4.69, 9.17) is 9.26 Å². The van der Waals surface area contributed by atoms with E-state index in [1.165, 1.54) is 0 Å². The minimum atomic E-state index is -0.595. The van der Waals surface area contributed by atoms with E-state index in [-0.39, 0.29) is 5.75 Å². The van der Waals surface area contributed by atoms with Crippen LogP contribution in [0.1, 0.15) is 26.6 Å². The third kappa shape index (κ3) is 3.06. The van der Waals surface area contributed by atoms with Gasteiger partial charge < -0.3 is 14.4 Å². The quantitative estimate of drug-likeness (QED) is 0.832. The largest absolute Gasteiger partial charge is 0.507 e. The number of hydrogen-bond acceptors (Lipinski definition) is 5. The molecule has 1 heterocycles. The molecule has 1 aromatic carbocycles. The molecule has 0 amide bonds. The van der Waals surface area contributed by atoms with Crippen LogP contribution in [-0.2, 0) is 10.3 Å². The molecule has 0 bridgehead atoms. The summed E-state index contributed by atoms with van der Waals surface area (Å²) >= 11 is 2.05. The van der Waals surface area contributed by atoms with Crippen molar-refractivity contribution < 1.29 is 14.4 Å². The molecule has 102 valence electrons. The molecule has 0 saturated heterocycles. The summed E-state index contributed by atoms with van der Waals surface area (Å²) in [4.78, 5) is 4.33. The van der Waals surface area contributed by atoms with E-state index in [9.17, 15) is 5.11 Å². The lowest BCUT2D eigenvalue weighted by molar-refractivity contribution is -0.0221. The van der Waals surface area contributed by atoms with Crippen LogP contribution >= 0.6 is 22.6 Å². The predicted molar refractivity (Wildman–Crippen MR) is 78.8 cm³/mol. The maximum absolute atomic E-state index is 9.69. The Labute approximate surface area is 125 Å². The Morgan fingerprint density at radius 3 is 2.79 bits per heavy atom. The van der Waals surface area contributed by atoms with Crippen LogP contribution in [0.25, 0.3) is 11.5 Å². The summed E-state index contributed by atoms with van der Waals surface area (Å²) in [5.41, 5.74) is 0.0887. The number of hydrogen-bond donors (Lipinski definition) is 1. The molecule has 1 aromatic heterocycles. The van der Waals surface area contributed by atoms with Crippen molar-refractivity contribution in [2.24, 2.45) is 0 Å². The molecule has 2 aromatic rings. The molecule has 0 aliphatic carbocycles. The van der Waals surface area contributed by atoms with Gasteiger partial charge in [-0.2, -0.15) is 4.98 Å². The Bertz CT molecular complexity index is 581. The highest BCUT2D eigenvalue weighted by Gasteiger charge is 2.27. The van der Waals surface area contributed by atoms with Gasteiger partial charge in [-0.05, 0) is 61.6 Å². The number of nitrogens with zero attached hydrogens (tertiary/aromatic N) is 2. The van der Waals surface area contributed by atoms with Gasteiger partial charge in [0.2, 0.25) is 5.82 Å². The van der Waals surface area contributed by atoms with Crippen LogP contribution in [-0.4, -0.2) is 21.9 Å². The van der Waals surface area contributed by atoms with Gasteiger partial charge >= 0.3 is 0 Å². The highest BCUT2D eigenvalue weighted by atomic mass is 127. The van der Waals surface area contributed by atoms with Gasteiger partial charge in [-0.3, -0.25) is 0 Å². The van der Waals surface area contributed by atoms with Crippen LogP contribution in [0.5, 0.6) is 5.75 Å². The molecule has 19 heavy (non-hydrogen) atoms. The summed E-state index contributed by atoms with van der Waals surface area (Å²) < 4.78 is 11.6. The lowest BCUT2D eigenvalue weighted by Gasteiger charge is -2.19. The van der Waals surface area contributed by atoms with Crippen molar-refractivity contribution in [3.8, 4) is 17.2 Å². The zero-order chi connectivity index (χ0) is 14.0. The first kappa shape index (κ1) is 14.3. The summed E-state index contributed by atoms with van der Waals surface area (Å²) in [6.45, 7) is 6.26. The molecule has 0 aliphatic rings. The van der Waals surface area contributed by atoms with Gasteiger partial charge in [0, 0.05) is 12.2 Å². The smallest absolute Gasteiger partial charge is 0.258 e. The van der Waals surface area contributed by atoms with E-state index in [1.807, 2.05) is 26.8 Å². The van der Waals surface area contributed by atoms with E-state index in [2.05, 4.69) is 32.7 Å². The third-order valence-corrected chi connectivity index (χ3v) is 3.58. The SMILES string of the molecule is CCOC(C)(C)c1noc(-c2ccc(I)c(O)c2)n1. The molecule has 0 radical (unpaired) electrons. The molecule has 0 spiro atoms. The number of aromatic hydroxyl groups is 1. The van der Waals surface area contributed by atoms with Crippen molar-refractivity contribution >= 4 is 22.6 Å². The number of halogens is 1. The van der Waals surface area contributed by atoms with E-state index in [1.54, 1.807) is 12.1 Å². The zero-order valence-electron chi connectivity index (χ0n) is 11.0. The number of aromatic nitrogens is 2. The Balaban J connectivity index is 2.33. The lowest BCUT2D eigenvalue weighted by atomic mass is 10.1.